The van der Waals surface area contributed by atoms with Gasteiger partial charge in [0, 0.05) is 18.2 Å². The van der Waals surface area contributed by atoms with E-state index in [9.17, 15) is 8.42 Å². The van der Waals surface area contributed by atoms with Crippen LogP contribution in [0.5, 0.6) is 0 Å². The van der Waals surface area contributed by atoms with E-state index >= 15 is 0 Å². The molecule has 0 saturated heterocycles. The number of benzene rings is 1. The normalized spacial score (nSPS) is 11.4. The minimum atomic E-state index is -3.35. The van der Waals surface area contributed by atoms with Crippen molar-refractivity contribution in [2.75, 3.05) is 23.7 Å². The zero-order valence-electron chi connectivity index (χ0n) is 9.65. The van der Waals surface area contributed by atoms with Crippen molar-refractivity contribution in [3.8, 4) is 0 Å². The average Bonchev–Trinajstić information content (AvgIpc) is 2.29. The third kappa shape index (κ3) is 5.39. The fourth-order valence-corrected chi connectivity index (χ4v) is 2.35. The first-order valence-corrected chi connectivity index (χ1v) is 7.49. The maximum atomic E-state index is 11.7. The average molecular weight is 278 g/mol. The smallest absolute Gasteiger partial charge is 0.234 e. The molecular weight excluding hydrogens is 262 g/mol. The second-order valence-electron chi connectivity index (χ2n) is 3.45. The minimum absolute atomic E-state index is 0.0497. The molecule has 1 rings (SSSR count). The fraction of sp³-hybridized carbons (Fsp3) is 0.455. The third-order valence-electron chi connectivity index (χ3n) is 2.06. The second kappa shape index (κ2) is 6.83. The van der Waals surface area contributed by atoms with Crippen LogP contribution in [0.1, 0.15) is 12.5 Å². The lowest BCUT2D eigenvalue weighted by Crippen LogP contribution is -2.20. The van der Waals surface area contributed by atoms with Gasteiger partial charge in [-0.2, -0.15) is 0 Å². The van der Waals surface area contributed by atoms with Gasteiger partial charge in [0.15, 0.2) is 0 Å². The molecule has 96 valence electrons. The minimum Gasteiger partial charge on any atom is -0.381 e. The number of halogens is 1. The quantitative estimate of drug-likeness (QED) is 0.614. The molecule has 0 bridgehead atoms. The van der Waals surface area contributed by atoms with Gasteiger partial charge in [0.25, 0.3) is 0 Å². The first-order chi connectivity index (χ1) is 8.07. The van der Waals surface area contributed by atoms with Crippen LogP contribution < -0.4 is 4.72 Å². The molecule has 6 heteroatoms. The number of anilines is 1. The summed E-state index contributed by atoms with van der Waals surface area (Å²) in [7, 11) is -3.35. The molecule has 1 aromatic carbocycles. The Balaban J connectivity index is 2.62. The largest absolute Gasteiger partial charge is 0.381 e. The molecule has 4 nitrogen and oxygen atoms in total. The first kappa shape index (κ1) is 14.3. The van der Waals surface area contributed by atoms with E-state index in [1.54, 1.807) is 18.2 Å². The van der Waals surface area contributed by atoms with Crippen LogP contribution in [0.4, 0.5) is 5.69 Å². The van der Waals surface area contributed by atoms with Gasteiger partial charge in [-0.15, -0.1) is 11.6 Å². The molecule has 0 radical (unpaired) electrons. The Bertz CT molecular complexity index is 448. The number of ether oxygens (including phenoxy) is 1. The van der Waals surface area contributed by atoms with Crippen LogP contribution in [0.3, 0.4) is 0 Å². The lowest BCUT2D eigenvalue weighted by molar-refractivity contribution is 0.163. The molecule has 0 aliphatic rings. The Morgan fingerprint density at radius 2 is 2.18 bits per heavy atom. The third-order valence-corrected chi connectivity index (χ3v) is 3.61. The molecule has 1 N–H and O–H groups in total. The zero-order valence-corrected chi connectivity index (χ0v) is 11.2. The predicted molar refractivity (Wildman–Crippen MR) is 69.9 cm³/mol. The fourth-order valence-electron chi connectivity index (χ4n) is 1.26. The van der Waals surface area contributed by atoms with Gasteiger partial charge < -0.3 is 4.74 Å². The van der Waals surface area contributed by atoms with E-state index in [1.807, 2.05) is 13.0 Å². The molecule has 1 aromatic rings. The van der Waals surface area contributed by atoms with Crippen molar-refractivity contribution in [2.45, 2.75) is 12.8 Å². The lowest BCUT2D eigenvalue weighted by Gasteiger charge is -2.08. The van der Waals surface area contributed by atoms with Gasteiger partial charge in [-0.1, -0.05) is 12.1 Å². The highest BCUT2D eigenvalue weighted by molar-refractivity contribution is 7.92. The maximum absolute atomic E-state index is 11.7. The molecule has 0 heterocycles. The summed E-state index contributed by atoms with van der Waals surface area (Å²) in [6, 6.07) is 7.00. The Hall–Kier alpha value is -0.780. The van der Waals surface area contributed by atoms with E-state index in [0.717, 1.165) is 5.56 Å². The summed E-state index contributed by atoms with van der Waals surface area (Å²) in [6.45, 7) is 2.53. The Labute approximate surface area is 107 Å². The summed E-state index contributed by atoms with van der Waals surface area (Å²) in [5, 5.41) is 0. The number of rotatable bonds is 7. The van der Waals surface area contributed by atoms with E-state index < -0.39 is 10.0 Å². The molecule has 0 aliphatic carbocycles. The van der Waals surface area contributed by atoms with Gasteiger partial charge in [-0.3, -0.25) is 4.72 Å². The topological polar surface area (TPSA) is 55.4 Å². The molecule has 0 unspecified atom stereocenters. The zero-order chi connectivity index (χ0) is 12.7. The van der Waals surface area contributed by atoms with E-state index in [4.69, 9.17) is 16.3 Å². The maximum Gasteiger partial charge on any atom is 0.234 e. The summed E-state index contributed by atoms with van der Waals surface area (Å²) in [5.41, 5.74) is 1.40. The van der Waals surface area contributed by atoms with E-state index in [0.29, 0.717) is 18.2 Å². The Kier molecular flexibility index (Phi) is 5.74. The van der Waals surface area contributed by atoms with Crippen molar-refractivity contribution in [2.24, 2.45) is 0 Å². The van der Waals surface area contributed by atoms with Crippen LogP contribution in [0, 0.1) is 0 Å². The molecule has 0 spiro atoms. The molecule has 17 heavy (non-hydrogen) atoms. The number of hydrogen-bond donors (Lipinski definition) is 1. The predicted octanol–water partition coefficient (Wildman–Crippen LogP) is 2.20. The standard InChI is InChI=1S/C11H16ClNO3S/c1-2-16-6-7-17(14,15)13-11-5-3-4-10(8-11)9-12/h3-5,8,13H,2,6-7,9H2,1H3. The Morgan fingerprint density at radius 3 is 2.82 bits per heavy atom. The van der Waals surface area contributed by atoms with Crippen molar-refractivity contribution in [1.82, 2.24) is 0 Å². The van der Waals surface area contributed by atoms with Crippen LogP contribution in [0.2, 0.25) is 0 Å². The highest BCUT2D eigenvalue weighted by atomic mass is 35.5. The number of sulfonamides is 1. The highest BCUT2D eigenvalue weighted by Crippen LogP contribution is 2.13. The van der Waals surface area contributed by atoms with Gasteiger partial charge >= 0.3 is 0 Å². The van der Waals surface area contributed by atoms with Crippen molar-refractivity contribution in [3.63, 3.8) is 0 Å². The summed E-state index contributed by atoms with van der Waals surface area (Å²) in [6.07, 6.45) is 0. The van der Waals surface area contributed by atoms with Crippen LogP contribution in [0.15, 0.2) is 24.3 Å². The molecule has 0 atom stereocenters. The lowest BCUT2D eigenvalue weighted by atomic mass is 10.2. The molecule has 0 fully saturated rings. The van der Waals surface area contributed by atoms with Gasteiger partial charge in [-0.25, -0.2) is 8.42 Å². The number of alkyl halides is 1. The van der Waals surface area contributed by atoms with Crippen molar-refractivity contribution < 1.29 is 13.2 Å². The summed E-state index contributed by atoms with van der Waals surface area (Å²) >= 11 is 5.68. The van der Waals surface area contributed by atoms with E-state index in [1.165, 1.54) is 0 Å². The summed E-state index contributed by atoms with van der Waals surface area (Å²) < 4.78 is 30.8. The van der Waals surface area contributed by atoms with Crippen LogP contribution in [-0.2, 0) is 20.6 Å². The van der Waals surface area contributed by atoms with E-state index in [-0.39, 0.29) is 12.4 Å². The van der Waals surface area contributed by atoms with Gasteiger partial charge in [-0.05, 0) is 24.6 Å². The number of hydrogen-bond acceptors (Lipinski definition) is 3. The molecular formula is C11H16ClNO3S. The van der Waals surface area contributed by atoms with Gasteiger partial charge in [0.1, 0.15) is 0 Å². The highest BCUT2D eigenvalue weighted by Gasteiger charge is 2.10. The van der Waals surface area contributed by atoms with Gasteiger partial charge in [0.05, 0.1) is 12.4 Å². The SMILES string of the molecule is CCOCCS(=O)(=O)Nc1cccc(CCl)c1. The molecule has 0 aliphatic heterocycles. The van der Waals surface area contributed by atoms with Crippen LogP contribution in [0.25, 0.3) is 0 Å². The first-order valence-electron chi connectivity index (χ1n) is 5.30. The number of nitrogens with one attached hydrogen (secondary N) is 1. The van der Waals surface area contributed by atoms with Crippen LogP contribution in [-0.4, -0.2) is 27.4 Å². The summed E-state index contributed by atoms with van der Waals surface area (Å²) in [5.74, 6) is 0.306. The molecule has 0 amide bonds. The van der Waals surface area contributed by atoms with Crippen molar-refractivity contribution in [3.05, 3.63) is 29.8 Å². The summed E-state index contributed by atoms with van der Waals surface area (Å²) in [4.78, 5) is 0. The van der Waals surface area contributed by atoms with Crippen molar-refractivity contribution in [1.29, 1.82) is 0 Å². The van der Waals surface area contributed by atoms with E-state index in [2.05, 4.69) is 4.72 Å². The molecule has 0 aromatic heterocycles. The molecule has 0 saturated carbocycles. The second-order valence-corrected chi connectivity index (χ2v) is 5.56. The monoisotopic (exact) mass is 277 g/mol. The Morgan fingerprint density at radius 1 is 1.41 bits per heavy atom. The van der Waals surface area contributed by atoms with Crippen molar-refractivity contribution >= 4 is 27.3 Å². The van der Waals surface area contributed by atoms with Gasteiger partial charge in [0.2, 0.25) is 10.0 Å². The van der Waals surface area contributed by atoms with Crippen LogP contribution >= 0.6 is 11.6 Å².